The zero-order valence-electron chi connectivity index (χ0n) is 12.3. The molecule has 1 heterocycles. The Hall–Kier alpha value is -1.94. The summed E-state index contributed by atoms with van der Waals surface area (Å²) in [6.45, 7) is 4.00. The van der Waals surface area contributed by atoms with E-state index in [0.29, 0.717) is 17.3 Å². The fraction of sp³-hybridized carbons (Fsp3) is 0.312. The number of ether oxygens (including phenoxy) is 1. The first-order chi connectivity index (χ1) is 9.95. The van der Waals surface area contributed by atoms with Gasteiger partial charge in [-0.05, 0) is 44.2 Å². The summed E-state index contributed by atoms with van der Waals surface area (Å²) in [5.74, 6) is 2.03. The molecule has 0 N–H and O–H groups in total. The summed E-state index contributed by atoms with van der Waals surface area (Å²) in [7, 11) is 1.72. The van der Waals surface area contributed by atoms with Crippen LogP contribution in [0.25, 0.3) is 0 Å². The first-order valence-electron chi connectivity index (χ1n) is 6.68. The van der Waals surface area contributed by atoms with Crippen LogP contribution in [0.15, 0.2) is 40.8 Å². The number of benzene rings is 1. The molecule has 21 heavy (non-hydrogen) atoms. The summed E-state index contributed by atoms with van der Waals surface area (Å²) in [5, 5.41) is 0.576. The Morgan fingerprint density at radius 1 is 1.38 bits per heavy atom. The number of likely N-dealkylation sites (N-methyl/N-ethyl adjacent to an activating group) is 1. The SMILES string of the molecule is Cc1ccc(CN(C)C(=O)[C@@H](C)Oc2cccc(Cl)c2)o1. The Labute approximate surface area is 129 Å². The molecule has 0 aliphatic carbocycles. The minimum absolute atomic E-state index is 0.121. The molecule has 0 aliphatic heterocycles. The van der Waals surface area contributed by atoms with Crippen molar-refractivity contribution < 1.29 is 13.9 Å². The van der Waals surface area contributed by atoms with Crippen molar-refractivity contribution in [2.24, 2.45) is 0 Å². The van der Waals surface area contributed by atoms with Crippen LogP contribution >= 0.6 is 11.6 Å². The average molecular weight is 308 g/mol. The van der Waals surface area contributed by atoms with Gasteiger partial charge in [-0.25, -0.2) is 0 Å². The Morgan fingerprint density at radius 2 is 2.14 bits per heavy atom. The van der Waals surface area contributed by atoms with Gasteiger partial charge in [0.25, 0.3) is 5.91 Å². The Bertz CT molecular complexity index is 623. The molecule has 1 atom stereocenters. The molecular weight excluding hydrogens is 290 g/mol. The third kappa shape index (κ3) is 4.26. The first-order valence-corrected chi connectivity index (χ1v) is 7.06. The predicted molar refractivity (Wildman–Crippen MR) is 81.5 cm³/mol. The normalized spacial score (nSPS) is 12.0. The van der Waals surface area contributed by atoms with Crippen molar-refractivity contribution >= 4 is 17.5 Å². The largest absolute Gasteiger partial charge is 0.481 e. The summed E-state index contributed by atoms with van der Waals surface area (Å²) in [6, 6.07) is 10.7. The van der Waals surface area contributed by atoms with Gasteiger partial charge in [0.1, 0.15) is 17.3 Å². The molecule has 0 fully saturated rings. The summed E-state index contributed by atoms with van der Waals surface area (Å²) < 4.78 is 11.1. The van der Waals surface area contributed by atoms with Crippen LogP contribution < -0.4 is 4.74 Å². The van der Waals surface area contributed by atoms with E-state index in [1.54, 1.807) is 43.1 Å². The van der Waals surface area contributed by atoms with E-state index in [0.717, 1.165) is 11.5 Å². The van der Waals surface area contributed by atoms with Crippen molar-refractivity contribution in [3.63, 3.8) is 0 Å². The van der Waals surface area contributed by atoms with E-state index in [2.05, 4.69) is 0 Å². The first kappa shape index (κ1) is 15.4. The van der Waals surface area contributed by atoms with Crippen LogP contribution in [0.4, 0.5) is 0 Å². The lowest BCUT2D eigenvalue weighted by atomic mass is 10.3. The topological polar surface area (TPSA) is 42.7 Å². The van der Waals surface area contributed by atoms with Gasteiger partial charge in [-0.3, -0.25) is 4.79 Å². The van der Waals surface area contributed by atoms with Gasteiger partial charge in [-0.2, -0.15) is 0 Å². The summed E-state index contributed by atoms with van der Waals surface area (Å²) >= 11 is 5.89. The van der Waals surface area contributed by atoms with Crippen LogP contribution in [-0.2, 0) is 11.3 Å². The van der Waals surface area contributed by atoms with E-state index in [-0.39, 0.29) is 5.91 Å². The van der Waals surface area contributed by atoms with E-state index in [9.17, 15) is 4.79 Å². The van der Waals surface area contributed by atoms with E-state index in [1.807, 2.05) is 19.1 Å². The lowest BCUT2D eigenvalue weighted by Crippen LogP contribution is -2.37. The number of nitrogens with zero attached hydrogens (tertiary/aromatic N) is 1. The highest BCUT2D eigenvalue weighted by Crippen LogP contribution is 2.19. The van der Waals surface area contributed by atoms with Crippen LogP contribution in [0.2, 0.25) is 5.02 Å². The second-order valence-corrected chi connectivity index (χ2v) is 5.36. The Balaban J connectivity index is 1.95. The summed E-state index contributed by atoms with van der Waals surface area (Å²) in [4.78, 5) is 13.8. The molecule has 0 unspecified atom stereocenters. The minimum Gasteiger partial charge on any atom is -0.481 e. The molecule has 0 radical (unpaired) electrons. The number of hydrogen-bond acceptors (Lipinski definition) is 3. The third-order valence-electron chi connectivity index (χ3n) is 3.02. The summed E-state index contributed by atoms with van der Waals surface area (Å²) in [6.07, 6.45) is -0.593. The molecule has 2 rings (SSSR count). The number of rotatable bonds is 5. The predicted octanol–water partition coefficient (Wildman–Crippen LogP) is 3.67. The maximum Gasteiger partial charge on any atom is 0.263 e. The highest BCUT2D eigenvalue weighted by Gasteiger charge is 2.20. The van der Waals surface area contributed by atoms with Crippen LogP contribution in [0.5, 0.6) is 5.75 Å². The number of carbonyl (C=O) groups excluding carboxylic acids is 1. The Morgan fingerprint density at radius 3 is 2.76 bits per heavy atom. The van der Waals surface area contributed by atoms with Crippen LogP contribution in [0, 0.1) is 6.92 Å². The van der Waals surface area contributed by atoms with Crippen LogP contribution in [0.1, 0.15) is 18.4 Å². The van der Waals surface area contributed by atoms with Crippen molar-refractivity contribution in [1.82, 2.24) is 4.90 Å². The fourth-order valence-corrected chi connectivity index (χ4v) is 2.17. The van der Waals surface area contributed by atoms with E-state index in [4.69, 9.17) is 20.8 Å². The minimum atomic E-state index is -0.593. The molecule has 0 spiro atoms. The zero-order valence-corrected chi connectivity index (χ0v) is 13.1. The van der Waals surface area contributed by atoms with Crippen LogP contribution in [0.3, 0.4) is 0 Å². The number of furan rings is 1. The van der Waals surface area contributed by atoms with Gasteiger partial charge >= 0.3 is 0 Å². The van der Waals surface area contributed by atoms with Crippen molar-refractivity contribution in [2.45, 2.75) is 26.5 Å². The maximum atomic E-state index is 12.3. The van der Waals surface area contributed by atoms with Gasteiger partial charge < -0.3 is 14.1 Å². The number of carbonyl (C=O) groups is 1. The molecule has 1 amide bonds. The standard InChI is InChI=1S/C16H18ClNO3/c1-11-7-8-15(20-11)10-18(3)16(19)12(2)21-14-6-4-5-13(17)9-14/h4-9,12H,10H2,1-3H3/t12-/m1/s1. The lowest BCUT2D eigenvalue weighted by molar-refractivity contribution is -0.137. The van der Waals surface area contributed by atoms with Crippen molar-refractivity contribution in [2.75, 3.05) is 7.05 Å². The third-order valence-corrected chi connectivity index (χ3v) is 3.26. The second-order valence-electron chi connectivity index (χ2n) is 4.92. The quantitative estimate of drug-likeness (QED) is 0.846. The van der Waals surface area contributed by atoms with Gasteiger partial charge in [0.2, 0.25) is 0 Å². The molecular formula is C16H18ClNO3. The number of amides is 1. The second kappa shape index (κ2) is 6.68. The van der Waals surface area contributed by atoms with E-state index in [1.165, 1.54) is 0 Å². The average Bonchev–Trinajstić information content (AvgIpc) is 2.83. The number of aryl methyl sites for hydroxylation is 1. The molecule has 0 saturated heterocycles. The monoisotopic (exact) mass is 307 g/mol. The Kier molecular flexibility index (Phi) is 4.91. The van der Waals surface area contributed by atoms with Gasteiger partial charge in [-0.15, -0.1) is 0 Å². The van der Waals surface area contributed by atoms with Crippen molar-refractivity contribution in [3.8, 4) is 5.75 Å². The maximum absolute atomic E-state index is 12.3. The molecule has 0 saturated carbocycles. The van der Waals surface area contributed by atoms with Crippen molar-refractivity contribution in [1.29, 1.82) is 0 Å². The van der Waals surface area contributed by atoms with E-state index < -0.39 is 6.10 Å². The highest BCUT2D eigenvalue weighted by atomic mass is 35.5. The fourth-order valence-electron chi connectivity index (χ4n) is 1.99. The summed E-state index contributed by atoms with van der Waals surface area (Å²) in [5.41, 5.74) is 0. The van der Waals surface area contributed by atoms with Gasteiger partial charge in [0.05, 0.1) is 6.54 Å². The van der Waals surface area contributed by atoms with Gasteiger partial charge in [-0.1, -0.05) is 17.7 Å². The molecule has 1 aromatic heterocycles. The molecule has 5 heteroatoms. The molecule has 0 bridgehead atoms. The van der Waals surface area contributed by atoms with Gasteiger partial charge in [0.15, 0.2) is 6.10 Å². The van der Waals surface area contributed by atoms with E-state index >= 15 is 0 Å². The lowest BCUT2D eigenvalue weighted by Gasteiger charge is -2.21. The smallest absolute Gasteiger partial charge is 0.263 e. The molecule has 4 nitrogen and oxygen atoms in total. The zero-order chi connectivity index (χ0) is 15.4. The van der Waals surface area contributed by atoms with Crippen molar-refractivity contribution in [3.05, 3.63) is 52.9 Å². The van der Waals surface area contributed by atoms with Gasteiger partial charge in [0, 0.05) is 12.1 Å². The molecule has 1 aromatic carbocycles. The molecule has 112 valence electrons. The number of hydrogen-bond donors (Lipinski definition) is 0. The number of halogens is 1. The highest BCUT2D eigenvalue weighted by molar-refractivity contribution is 6.30. The molecule has 0 aliphatic rings. The molecule has 2 aromatic rings. The van der Waals surface area contributed by atoms with Crippen LogP contribution in [-0.4, -0.2) is 24.0 Å².